The minimum atomic E-state index is -0.270. The SMILES string of the molecule is O=C1CC(Cl)CC(Cl)N1. The first kappa shape index (κ1) is 7.16. The topological polar surface area (TPSA) is 29.1 Å². The van der Waals surface area contributed by atoms with Crippen LogP contribution in [0.4, 0.5) is 0 Å². The van der Waals surface area contributed by atoms with Crippen molar-refractivity contribution in [1.82, 2.24) is 5.32 Å². The van der Waals surface area contributed by atoms with E-state index in [0.717, 1.165) is 0 Å². The number of carbonyl (C=O) groups excluding carboxylic acids is 1. The number of alkyl halides is 2. The zero-order chi connectivity index (χ0) is 6.85. The Morgan fingerprint density at radius 1 is 1.56 bits per heavy atom. The molecule has 0 aromatic carbocycles. The smallest absolute Gasteiger partial charge is 0.222 e. The van der Waals surface area contributed by atoms with Crippen molar-refractivity contribution in [1.29, 1.82) is 0 Å². The van der Waals surface area contributed by atoms with E-state index in [1.165, 1.54) is 0 Å². The third-order valence-electron chi connectivity index (χ3n) is 1.19. The monoisotopic (exact) mass is 167 g/mol. The molecule has 1 rings (SSSR count). The van der Waals surface area contributed by atoms with E-state index in [2.05, 4.69) is 5.32 Å². The highest BCUT2D eigenvalue weighted by atomic mass is 35.5. The number of rotatable bonds is 0. The van der Waals surface area contributed by atoms with Crippen molar-refractivity contribution in [3.8, 4) is 0 Å². The van der Waals surface area contributed by atoms with Crippen molar-refractivity contribution in [2.75, 3.05) is 0 Å². The molecule has 2 nitrogen and oxygen atoms in total. The van der Waals surface area contributed by atoms with E-state index in [0.29, 0.717) is 12.8 Å². The largest absolute Gasteiger partial charge is 0.340 e. The van der Waals surface area contributed by atoms with Gasteiger partial charge in [-0.15, -0.1) is 11.6 Å². The summed E-state index contributed by atoms with van der Waals surface area (Å²) in [6.07, 6.45) is 1.06. The van der Waals surface area contributed by atoms with Crippen LogP contribution in [0.1, 0.15) is 12.8 Å². The van der Waals surface area contributed by atoms with E-state index >= 15 is 0 Å². The molecule has 1 aliphatic rings. The van der Waals surface area contributed by atoms with E-state index in [9.17, 15) is 4.79 Å². The molecule has 2 atom stereocenters. The first-order chi connectivity index (χ1) is 4.18. The molecule has 2 unspecified atom stereocenters. The van der Waals surface area contributed by atoms with E-state index in [-0.39, 0.29) is 16.8 Å². The molecule has 0 bridgehead atoms. The lowest BCUT2D eigenvalue weighted by Gasteiger charge is -2.20. The van der Waals surface area contributed by atoms with Gasteiger partial charge in [0.2, 0.25) is 5.91 Å². The van der Waals surface area contributed by atoms with Crippen molar-refractivity contribution in [3.63, 3.8) is 0 Å². The van der Waals surface area contributed by atoms with Gasteiger partial charge in [-0.05, 0) is 6.42 Å². The number of amides is 1. The molecule has 1 amide bonds. The summed E-state index contributed by atoms with van der Waals surface area (Å²) in [5, 5.41) is 2.47. The Morgan fingerprint density at radius 3 is 2.67 bits per heavy atom. The highest BCUT2D eigenvalue weighted by molar-refractivity contribution is 6.25. The number of hydrogen-bond donors (Lipinski definition) is 1. The fraction of sp³-hybridized carbons (Fsp3) is 0.800. The number of piperidine rings is 1. The van der Waals surface area contributed by atoms with E-state index in [4.69, 9.17) is 23.2 Å². The van der Waals surface area contributed by atoms with Crippen LogP contribution in [0.5, 0.6) is 0 Å². The van der Waals surface area contributed by atoms with Gasteiger partial charge in [0.05, 0.1) is 0 Å². The van der Waals surface area contributed by atoms with Crippen molar-refractivity contribution in [2.24, 2.45) is 0 Å². The average molecular weight is 168 g/mol. The number of carbonyl (C=O) groups is 1. The second-order valence-corrected chi connectivity index (χ2v) is 3.22. The summed E-state index contributed by atoms with van der Waals surface area (Å²) in [4.78, 5) is 10.6. The molecule has 1 fully saturated rings. The third kappa shape index (κ3) is 2.03. The maximum absolute atomic E-state index is 10.6. The van der Waals surface area contributed by atoms with E-state index in [1.807, 2.05) is 0 Å². The second-order valence-electron chi connectivity index (χ2n) is 2.07. The molecule has 1 aliphatic heterocycles. The summed E-state index contributed by atoms with van der Waals surface area (Å²) in [5.41, 5.74) is -0.270. The number of halogens is 2. The molecule has 0 aliphatic carbocycles. The minimum Gasteiger partial charge on any atom is -0.340 e. The second kappa shape index (κ2) is 2.76. The zero-order valence-corrected chi connectivity index (χ0v) is 6.24. The highest BCUT2D eigenvalue weighted by Gasteiger charge is 2.22. The van der Waals surface area contributed by atoms with Crippen LogP contribution < -0.4 is 5.32 Å². The van der Waals surface area contributed by atoms with Crippen molar-refractivity contribution >= 4 is 29.1 Å². The first-order valence-corrected chi connectivity index (χ1v) is 3.63. The lowest BCUT2D eigenvalue weighted by molar-refractivity contribution is -0.122. The normalized spacial score (nSPS) is 36.0. The van der Waals surface area contributed by atoms with Gasteiger partial charge in [0.25, 0.3) is 0 Å². The molecule has 1 N–H and O–H groups in total. The molecule has 52 valence electrons. The Balaban J connectivity index is 2.43. The molecular weight excluding hydrogens is 161 g/mol. The van der Waals surface area contributed by atoms with Gasteiger partial charge in [0.15, 0.2) is 0 Å². The van der Waals surface area contributed by atoms with E-state index < -0.39 is 0 Å². The molecule has 0 aromatic rings. The van der Waals surface area contributed by atoms with Crippen LogP contribution in [0.25, 0.3) is 0 Å². The Labute approximate surface area is 63.5 Å². The van der Waals surface area contributed by atoms with Gasteiger partial charge >= 0.3 is 0 Å². The number of nitrogens with one attached hydrogen (secondary N) is 1. The Morgan fingerprint density at radius 2 is 2.22 bits per heavy atom. The van der Waals surface area contributed by atoms with Crippen LogP contribution in [0.2, 0.25) is 0 Å². The molecule has 0 saturated carbocycles. The van der Waals surface area contributed by atoms with Gasteiger partial charge in [-0.1, -0.05) is 11.6 Å². The fourth-order valence-corrected chi connectivity index (χ4v) is 1.55. The van der Waals surface area contributed by atoms with Gasteiger partial charge in [-0.25, -0.2) is 0 Å². The summed E-state index contributed by atoms with van der Waals surface area (Å²) < 4.78 is 0. The van der Waals surface area contributed by atoms with Crippen LogP contribution in [-0.4, -0.2) is 16.8 Å². The van der Waals surface area contributed by atoms with Crippen molar-refractivity contribution < 1.29 is 4.79 Å². The van der Waals surface area contributed by atoms with Gasteiger partial charge in [-0.2, -0.15) is 0 Å². The molecule has 4 heteroatoms. The standard InChI is InChI=1S/C5H7Cl2NO/c6-3-1-4(7)8-5(9)2-3/h3-4H,1-2H2,(H,8,9). The predicted molar refractivity (Wildman–Crippen MR) is 36.7 cm³/mol. The molecule has 1 heterocycles. The van der Waals surface area contributed by atoms with Crippen molar-refractivity contribution in [2.45, 2.75) is 23.7 Å². The zero-order valence-electron chi connectivity index (χ0n) is 4.73. The lowest BCUT2D eigenvalue weighted by atomic mass is 10.1. The van der Waals surface area contributed by atoms with Crippen LogP contribution in [0.3, 0.4) is 0 Å². The van der Waals surface area contributed by atoms with Crippen LogP contribution in [-0.2, 0) is 4.79 Å². The van der Waals surface area contributed by atoms with Gasteiger partial charge in [-0.3, -0.25) is 4.79 Å². The molecular formula is C5H7Cl2NO. The van der Waals surface area contributed by atoms with Gasteiger partial charge in [0.1, 0.15) is 5.50 Å². The molecule has 9 heavy (non-hydrogen) atoms. The van der Waals surface area contributed by atoms with Crippen LogP contribution in [0.15, 0.2) is 0 Å². The Hall–Kier alpha value is 0.0500. The quantitative estimate of drug-likeness (QED) is 0.425. The van der Waals surface area contributed by atoms with Crippen molar-refractivity contribution in [3.05, 3.63) is 0 Å². The summed E-state index contributed by atoms with van der Waals surface area (Å²) >= 11 is 11.3. The van der Waals surface area contributed by atoms with Gasteiger partial charge < -0.3 is 5.32 Å². The minimum absolute atomic E-state index is 0.0544. The summed E-state index contributed by atoms with van der Waals surface area (Å²) in [7, 11) is 0. The summed E-state index contributed by atoms with van der Waals surface area (Å²) in [6.45, 7) is 0. The van der Waals surface area contributed by atoms with Gasteiger partial charge in [0, 0.05) is 11.8 Å². The maximum Gasteiger partial charge on any atom is 0.222 e. The molecule has 1 saturated heterocycles. The Kier molecular flexibility index (Phi) is 2.19. The summed E-state index contributed by atoms with van der Waals surface area (Å²) in [6, 6.07) is 0. The molecule has 0 spiro atoms. The third-order valence-corrected chi connectivity index (χ3v) is 1.81. The van der Waals surface area contributed by atoms with Crippen LogP contribution in [0, 0.1) is 0 Å². The number of hydrogen-bond acceptors (Lipinski definition) is 1. The Bertz CT molecular complexity index is 116. The maximum atomic E-state index is 10.6. The molecule has 0 radical (unpaired) electrons. The van der Waals surface area contributed by atoms with Crippen LogP contribution >= 0.6 is 23.2 Å². The summed E-state index contributed by atoms with van der Waals surface area (Å²) in [5.74, 6) is -0.0544. The first-order valence-electron chi connectivity index (χ1n) is 2.76. The molecule has 0 aromatic heterocycles. The predicted octanol–water partition coefficient (Wildman–Crippen LogP) is 1.07. The fourth-order valence-electron chi connectivity index (χ4n) is 0.802. The average Bonchev–Trinajstić information content (AvgIpc) is 1.59. The highest BCUT2D eigenvalue weighted by Crippen LogP contribution is 2.16. The van der Waals surface area contributed by atoms with E-state index in [1.54, 1.807) is 0 Å². The lowest BCUT2D eigenvalue weighted by Crippen LogP contribution is -2.39.